The van der Waals surface area contributed by atoms with Crippen molar-refractivity contribution in [3.63, 3.8) is 0 Å². The van der Waals surface area contributed by atoms with Crippen molar-refractivity contribution in [2.75, 3.05) is 11.9 Å². The highest BCUT2D eigenvalue weighted by Crippen LogP contribution is 2.09. The Kier molecular flexibility index (Phi) is 1.63. The summed E-state index contributed by atoms with van der Waals surface area (Å²) in [5.74, 6) is -1.10. The van der Waals surface area contributed by atoms with Crippen molar-refractivity contribution in [1.29, 1.82) is 0 Å². The molecule has 0 bridgehead atoms. The van der Waals surface area contributed by atoms with Gasteiger partial charge >= 0.3 is 5.97 Å². The zero-order valence-corrected chi connectivity index (χ0v) is 7.37. The van der Waals surface area contributed by atoms with E-state index < -0.39 is 32.1 Å². The summed E-state index contributed by atoms with van der Waals surface area (Å²) < 4.78 is 51.4. The molecule has 0 unspecified atom stereocenters. The number of aromatic carboxylic acids is 1. The van der Waals surface area contributed by atoms with Crippen LogP contribution in [0.5, 0.6) is 0 Å². The third-order valence-electron chi connectivity index (χ3n) is 1.60. The first-order valence-corrected chi connectivity index (χ1v) is 3.96. The molecule has 1 aromatic carbocycles. The van der Waals surface area contributed by atoms with Gasteiger partial charge < -0.3 is 10.4 Å². The van der Waals surface area contributed by atoms with Crippen molar-refractivity contribution in [2.24, 2.45) is 0 Å². The quantitative estimate of drug-likeness (QED) is 0.768. The average molecular weight is 200 g/mol. The number of carboxylic acid groups (broad SMARTS) is 1. The zero-order valence-electron chi connectivity index (χ0n) is 14.4. The molecule has 0 aliphatic rings. The second-order valence-corrected chi connectivity index (χ2v) is 2.54. The SMILES string of the molecule is [2H]C([2H])([2H])C([2H])([2H])C([2H])([2H])CNc1ccc(C(=O)O)cc1. The van der Waals surface area contributed by atoms with Gasteiger partial charge in [-0.25, -0.2) is 4.79 Å². The first-order chi connectivity index (χ1) is 9.38. The largest absolute Gasteiger partial charge is 0.478 e. The number of carboxylic acids is 1. The van der Waals surface area contributed by atoms with Gasteiger partial charge in [0, 0.05) is 21.8 Å². The molecular formula is C11H15NO2. The second-order valence-electron chi connectivity index (χ2n) is 2.54. The zero-order chi connectivity index (χ0) is 16.5. The van der Waals surface area contributed by atoms with Gasteiger partial charge in [0.25, 0.3) is 0 Å². The molecule has 1 aromatic rings. The van der Waals surface area contributed by atoms with E-state index >= 15 is 0 Å². The Balaban J connectivity index is 2.80. The van der Waals surface area contributed by atoms with Crippen molar-refractivity contribution in [3.8, 4) is 0 Å². The van der Waals surface area contributed by atoms with Crippen LogP contribution in [0.1, 0.15) is 39.6 Å². The van der Waals surface area contributed by atoms with Crippen LogP contribution in [0.2, 0.25) is 0 Å². The van der Waals surface area contributed by atoms with Crippen LogP contribution in [-0.4, -0.2) is 17.6 Å². The van der Waals surface area contributed by atoms with E-state index in [1.165, 1.54) is 24.3 Å². The molecule has 0 saturated heterocycles. The molecule has 3 heteroatoms. The summed E-state index contributed by atoms with van der Waals surface area (Å²) in [6, 6.07) is 5.40. The molecule has 0 spiro atoms. The lowest BCUT2D eigenvalue weighted by Crippen LogP contribution is -2.01. The van der Waals surface area contributed by atoms with Gasteiger partial charge in [-0.15, -0.1) is 0 Å². The fourth-order valence-electron chi connectivity index (χ4n) is 0.921. The molecular weight excluding hydrogens is 178 g/mol. The first-order valence-electron chi connectivity index (χ1n) is 7.46. The highest BCUT2D eigenvalue weighted by Gasteiger charge is 2.00. The lowest BCUT2D eigenvalue weighted by atomic mass is 10.2. The van der Waals surface area contributed by atoms with Gasteiger partial charge in [0.15, 0.2) is 0 Å². The fourth-order valence-corrected chi connectivity index (χ4v) is 0.921. The topological polar surface area (TPSA) is 49.3 Å². The lowest BCUT2D eigenvalue weighted by Gasteiger charge is -2.04. The fraction of sp³-hybridized carbons (Fsp3) is 0.364. The van der Waals surface area contributed by atoms with Gasteiger partial charge in [0.1, 0.15) is 0 Å². The number of hydrogen-bond acceptors (Lipinski definition) is 2. The minimum Gasteiger partial charge on any atom is -0.478 e. The van der Waals surface area contributed by atoms with Crippen LogP contribution < -0.4 is 5.32 Å². The molecule has 0 radical (unpaired) electrons. The molecule has 0 fully saturated rings. The summed E-state index contributed by atoms with van der Waals surface area (Å²) in [4.78, 5) is 10.7. The molecule has 76 valence electrons. The maximum absolute atomic E-state index is 10.7. The van der Waals surface area contributed by atoms with Crippen LogP contribution in [0.15, 0.2) is 24.3 Å². The van der Waals surface area contributed by atoms with E-state index in [0.29, 0.717) is 5.69 Å². The van der Waals surface area contributed by atoms with Crippen LogP contribution in [-0.2, 0) is 0 Å². The molecule has 0 saturated carbocycles. The van der Waals surface area contributed by atoms with Crippen LogP contribution in [0.3, 0.4) is 0 Å². The number of benzene rings is 1. The summed E-state index contributed by atoms with van der Waals surface area (Å²) in [7, 11) is 0. The number of carbonyl (C=O) groups is 1. The number of nitrogens with one attached hydrogen (secondary N) is 1. The monoisotopic (exact) mass is 200 g/mol. The summed E-state index contributed by atoms with van der Waals surface area (Å²) in [5.41, 5.74) is 0.423. The molecule has 0 aliphatic heterocycles. The first kappa shape index (κ1) is 4.34. The standard InChI is InChI=1S/C11H15NO2/c1-2-3-8-12-10-6-4-9(5-7-10)11(13)14/h4-7,12H,2-3,8H2,1H3,(H,13,14)/i1D3,2D2,3D2. The number of hydrogen-bond donors (Lipinski definition) is 2. The molecule has 2 N–H and O–H groups in total. The Bertz CT molecular complexity index is 510. The van der Waals surface area contributed by atoms with Gasteiger partial charge in [-0.1, -0.05) is 13.2 Å². The molecule has 0 heterocycles. The van der Waals surface area contributed by atoms with E-state index in [0.717, 1.165) is 0 Å². The molecule has 0 amide bonds. The van der Waals surface area contributed by atoms with Crippen LogP contribution >= 0.6 is 0 Å². The molecule has 14 heavy (non-hydrogen) atoms. The molecule has 1 rings (SSSR count). The van der Waals surface area contributed by atoms with Gasteiger partial charge in [0.2, 0.25) is 0 Å². The smallest absolute Gasteiger partial charge is 0.335 e. The number of anilines is 1. The van der Waals surface area contributed by atoms with E-state index in [4.69, 9.17) is 14.7 Å². The maximum Gasteiger partial charge on any atom is 0.335 e. The van der Waals surface area contributed by atoms with Crippen molar-refractivity contribution in [1.82, 2.24) is 0 Å². The molecule has 3 nitrogen and oxygen atoms in total. The van der Waals surface area contributed by atoms with Gasteiger partial charge in [0.05, 0.1) is 5.56 Å². The highest BCUT2D eigenvalue weighted by atomic mass is 16.4. The highest BCUT2D eigenvalue weighted by molar-refractivity contribution is 5.87. The predicted octanol–water partition coefficient (Wildman–Crippen LogP) is 2.60. The van der Waals surface area contributed by atoms with Crippen LogP contribution in [0.4, 0.5) is 5.69 Å². The second kappa shape index (κ2) is 5.27. The molecule has 0 atom stereocenters. The van der Waals surface area contributed by atoms with E-state index in [2.05, 4.69) is 5.32 Å². The third kappa shape index (κ3) is 3.09. The van der Waals surface area contributed by atoms with Crippen molar-refractivity contribution < 1.29 is 19.5 Å². The van der Waals surface area contributed by atoms with E-state index in [1.54, 1.807) is 0 Å². The van der Waals surface area contributed by atoms with E-state index in [9.17, 15) is 4.79 Å². The van der Waals surface area contributed by atoms with E-state index in [-0.39, 0.29) is 5.56 Å². The molecule has 0 aromatic heterocycles. The van der Waals surface area contributed by atoms with Gasteiger partial charge in [-0.2, -0.15) is 0 Å². The van der Waals surface area contributed by atoms with Gasteiger partial charge in [-0.05, 0) is 30.6 Å². The van der Waals surface area contributed by atoms with Gasteiger partial charge in [-0.3, -0.25) is 0 Å². The minimum atomic E-state index is -3.09. The molecule has 0 aliphatic carbocycles. The van der Waals surface area contributed by atoms with Crippen molar-refractivity contribution in [3.05, 3.63) is 29.8 Å². The van der Waals surface area contributed by atoms with Crippen LogP contribution in [0.25, 0.3) is 0 Å². The summed E-state index contributed by atoms with van der Waals surface area (Å²) in [6.07, 6.45) is -5.66. The average Bonchev–Trinajstić information content (AvgIpc) is 2.35. The summed E-state index contributed by atoms with van der Waals surface area (Å²) in [5, 5.41) is 11.3. The van der Waals surface area contributed by atoms with Crippen molar-refractivity contribution in [2.45, 2.75) is 19.6 Å². The summed E-state index contributed by atoms with van der Waals surface area (Å²) in [6.45, 7) is -3.66. The third-order valence-corrected chi connectivity index (χ3v) is 1.60. The van der Waals surface area contributed by atoms with Crippen LogP contribution in [0, 0.1) is 0 Å². The maximum atomic E-state index is 10.7. The Hall–Kier alpha value is -1.51. The van der Waals surface area contributed by atoms with Crippen molar-refractivity contribution >= 4 is 11.7 Å². The number of rotatable bonds is 5. The Morgan fingerprint density at radius 3 is 2.86 bits per heavy atom. The van der Waals surface area contributed by atoms with E-state index in [1.807, 2.05) is 0 Å². The lowest BCUT2D eigenvalue weighted by molar-refractivity contribution is 0.0697. The predicted molar refractivity (Wildman–Crippen MR) is 56.8 cm³/mol. The summed E-state index contributed by atoms with van der Waals surface area (Å²) >= 11 is 0. The Labute approximate surface area is 93.6 Å². The Morgan fingerprint density at radius 1 is 1.57 bits per heavy atom. The minimum absolute atomic E-state index is 0.0568. The normalized spacial score (nSPS) is 20.1. The Morgan fingerprint density at radius 2 is 2.29 bits per heavy atom.